The molecule has 0 aromatic heterocycles. The van der Waals surface area contributed by atoms with Crippen LogP contribution in [0.15, 0.2) is 72.8 Å². The highest BCUT2D eigenvalue weighted by molar-refractivity contribution is 6.31. The Morgan fingerprint density at radius 3 is 2.23 bits per heavy atom. The zero-order valence-corrected chi connectivity index (χ0v) is 17.9. The van der Waals surface area contributed by atoms with Crippen molar-refractivity contribution in [1.82, 2.24) is 0 Å². The quantitative estimate of drug-likeness (QED) is 0.546. The fraction of sp³-hybridized carbons (Fsp3) is 0.200. The van der Waals surface area contributed by atoms with Crippen molar-refractivity contribution < 1.29 is 14.4 Å². The molecule has 156 valence electrons. The van der Waals surface area contributed by atoms with Gasteiger partial charge in [-0.2, -0.15) is 0 Å². The van der Waals surface area contributed by atoms with E-state index in [0.29, 0.717) is 10.7 Å². The molecule has 2 saturated heterocycles. The van der Waals surface area contributed by atoms with Crippen molar-refractivity contribution in [1.29, 1.82) is 0 Å². The number of rotatable bonds is 3. The van der Waals surface area contributed by atoms with Gasteiger partial charge in [0.1, 0.15) is 5.92 Å². The van der Waals surface area contributed by atoms with E-state index in [1.807, 2.05) is 56.3 Å². The fourth-order valence-electron chi connectivity index (χ4n) is 4.53. The molecule has 2 heterocycles. The van der Waals surface area contributed by atoms with Gasteiger partial charge in [0, 0.05) is 5.02 Å². The first-order chi connectivity index (χ1) is 15.0. The summed E-state index contributed by atoms with van der Waals surface area (Å²) in [5.41, 5.74) is 4.48. The van der Waals surface area contributed by atoms with Crippen LogP contribution in [-0.4, -0.2) is 17.9 Å². The molecule has 2 amide bonds. The highest BCUT2D eigenvalue weighted by Crippen LogP contribution is 2.48. The van der Waals surface area contributed by atoms with Crippen LogP contribution in [0.2, 0.25) is 5.02 Å². The maximum Gasteiger partial charge on any atom is 0.266 e. The summed E-state index contributed by atoms with van der Waals surface area (Å²) in [4.78, 5) is 34.3. The lowest BCUT2D eigenvalue weighted by Gasteiger charge is -2.29. The molecule has 6 heteroatoms. The average Bonchev–Trinajstić information content (AvgIpc) is 3.26. The van der Waals surface area contributed by atoms with E-state index >= 15 is 0 Å². The van der Waals surface area contributed by atoms with Gasteiger partial charge in [-0.05, 0) is 61.4 Å². The van der Waals surface area contributed by atoms with Gasteiger partial charge < -0.3 is 0 Å². The van der Waals surface area contributed by atoms with Crippen LogP contribution in [-0.2, 0) is 14.4 Å². The number of fused-ring (bicyclic) bond motifs is 1. The molecular weight excluding hydrogens is 412 g/mol. The Morgan fingerprint density at radius 2 is 1.55 bits per heavy atom. The lowest BCUT2D eigenvalue weighted by atomic mass is 9.87. The number of benzene rings is 3. The van der Waals surface area contributed by atoms with Crippen LogP contribution in [0.25, 0.3) is 0 Å². The number of carbonyl (C=O) groups excluding carboxylic acids is 2. The van der Waals surface area contributed by atoms with Crippen LogP contribution in [0.5, 0.6) is 0 Å². The van der Waals surface area contributed by atoms with E-state index in [1.54, 1.807) is 29.3 Å². The highest BCUT2D eigenvalue weighted by Gasteiger charge is 2.60. The molecule has 3 aromatic carbocycles. The van der Waals surface area contributed by atoms with Gasteiger partial charge in [-0.25, -0.2) is 9.96 Å². The summed E-state index contributed by atoms with van der Waals surface area (Å²) >= 11 is 5.99. The number of hydrogen-bond donors (Lipinski definition) is 0. The molecule has 2 aliphatic heterocycles. The van der Waals surface area contributed by atoms with Crippen LogP contribution in [0, 0.1) is 19.8 Å². The number of imide groups is 1. The summed E-state index contributed by atoms with van der Waals surface area (Å²) in [6.45, 7) is 4.06. The SMILES string of the molecule is Cc1ccc([C@H]2[C@H]3C(=O)N(c4ccc(Cl)cc4)C(=O)[C@@H]3ON2c2ccccc2)c(C)c1. The Morgan fingerprint density at radius 1 is 0.839 bits per heavy atom. The Bertz CT molecular complexity index is 1160. The topological polar surface area (TPSA) is 49.9 Å². The molecule has 2 aliphatic rings. The number of nitrogens with zero attached hydrogens (tertiary/aromatic N) is 2. The lowest BCUT2D eigenvalue weighted by molar-refractivity contribution is -0.126. The van der Waals surface area contributed by atoms with Crippen LogP contribution < -0.4 is 9.96 Å². The van der Waals surface area contributed by atoms with E-state index < -0.39 is 18.1 Å². The third kappa shape index (κ3) is 3.21. The molecule has 0 N–H and O–H groups in total. The molecule has 2 fully saturated rings. The van der Waals surface area contributed by atoms with Crippen molar-refractivity contribution in [2.24, 2.45) is 5.92 Å². The monoisotopic (exact) mass is 432 g/mol. The van der Waals surface area contributed by atoms with E-state index in [9.17, 15) is 9.59 Å². The third-order valence-electron chi connectivity index (χ3n) is 5.95. The van der Waals surface area contributed by atoms with Crippen molar-refractivity contribution >= 4 is 34.8 Å². The molecule has 3 atom stereocenters. The molecule has 5 rings (SSSR count). The van der Waals surface area contributed by atoms with Gasteiger partial charge in [-0.1, -0.05) is 53.6 Å². The molecule has 3 aromatic rings. The minimum Gasteiger partial charge on any atom is -0.273 e. The van der Waals surface area contributed by atoms with E-state index in [-0.39, 0.29) is 11.8 Å². The Hall–Kier alpha value is -3.15. The van der Waals surface area contributed by atoms with E-state index in [1.165, 1.54) is 4.90 Å². The smallest absolute Gasteiger partial charge is 0.266 e. The summed E-state index contributed by atoms with van der Waals surface area (Å²) in [6, 6.07) is 22.0. The number of para-hydroxylation sites is 1. The number of aryl methyl sites for hydroxylation is 2. The van der Waals surface area contributed by atoms with Gasteiger partial charge in [0.15, 0.2) is 6.10 Å². The maximum atomic E-state index is 13.6. The third-order valence-corrected chi connectivity index (χ3v) is 6.21. The second kappa shape index (κ2) is 7.52. The molecule has 0 radical (unpaired) electrons. The number of hydroxylamine groups is 1. The second-order valence-corrected chi connectivity index (χ2v) is 8.44. The zero-order valence-electron chi connectivity index (χ0n) is 17.2. The first-order valence-electron chi connectivity index (χ1n) is 10.2. The number of carbonyl (C=O) groups is 2. The van der Waals surface area contributed by atoms with Crippen molar-refractivity contribution in [3.05, 3.63) is 94.5 Å². The van der Waals surface area contributed by atoms with E-state index in [2.05, 4.69) is 6.07 Å². The summed E-state index contributed by atoms with van der Waals surface area (Å²) in [6.07, 6.45) is -0.880. The predicted molar refractivity (Wildman–Crippen MR) is 120 cm³/mol. The molecule has 31 heavy (non-hydrogen) atoms. The first-order valence-corrected chi connectivity index (χ1v) is 10.5. The Balaban J connectivity index is 1.61. The largest absolute Gasteiger partial charge is 0.273 e. The normalized spacial score (nSPS) is 22.9. The molecule has 0 unspecified atom stereocenters. The summed E-state index contributed by atoms with van der Waals surface area (Å²) < 4.78 is 0. The highest BCUT2D eigenvalue weighted by atomic mass is 35.5. The lowest BCUT2D eigenvalue weighted by Crippen LogP contribution is -2.37. The van der Waals surface area contributed by atoms with Crippen molar-refractivity contribution in [2.75, 3.05) is 9.96 Å². The molecule has 5 nitrogen and oxygen atoms in total. The zero-order chi connectivity index (χ0) is 21.7. The number of hydrogen-bond acceptors (Lipinski definition) is 4. The van der Waals surface area contributed by atoms with E-state index in [0.717, 1.165) is 22.4 Å². The van der Waals surface area contributed by atoms with Crippen molar-refractivity contribution in [3.63, 3.8) is 0 Å². The molecule has 0 spiro atoms. The first kappa shape index (κ1) is 19.8. The van der Waals surface area contributed by atoms with Gasteiger partial charge in [-0.3, -0.25) is 14.4 Å². The molecule has 0 bridgehead atoms. The van der Waals surface area contributed by atoms with Crippen molar-refractivity contribution in [2.45, 2.75) is 26.0 Å². The van der Waals surface area contributed by atoms with Gasteiger partial charge in [0.05, 0.1) is 17.4 Å². The Kier molecular flexibility index (Phi) is 4.80. The van der Waals surface area contributed by atoms with Crippen molar-refractivity contribution in [3.8, 4) is 0 Å². The maximum absolute atomic E-state index is 13.6. The molecule has 0 aliphatic carbocycles. The fourth-order valence-corrected chi connectivity index (χ4v) is 4.66. The standard InChI is InChI=1S/C25H21ClN2O3/c1-15-8-13-20(16(2)14-15)22-21-23(31-28(22)19-6-4-3-5-7-19)25(30)27(24(21)29)18-11-9-17(26)10-12-18/h3-14,21-23H,1-2H3/t21-,22+,23-/m1/s1. The summed E-state index contributed by atoms with van der Waals surface area (Å²) in [7, 11) is 0. The minimum absolute atomic E-state index is 0.263. The summed E-state index contributed by atoms with van der Waals surface area (Å²) in [5.74, 6) is -1.27. The predicted octanol–water partition coefficient (Wildman–Crippen LogP) is 5.01. The van der Waals surface area contributed by atoms with Crippen LogP contribution >= 0.6 is 11.6 Å². The van der Waals surface area contributed by atoms with Gasteiger partial charge in [0.2, 0.25) is 5.91 Å². The number of anilines is 2. The van der Waals surface area contributed by atoms with Gasteiger partial charge in [0.25, 0.3) is 5.91 Å². The molecular formula is C25H21ClN2O3. The average molecular weight is 433 g/mol. The van der Waals surface area contributed by atoms with Crippen LogP contribution in [0.4, 0.5) is 11.4 Å². The Labute approximate surface area is 185 Å². The molecule has 0 saturated carbocycles. The van der Waals surface area contributed by atoms with Gasteiger partial charge in [-0.15, -0.1) is 0 Å². The van der Waals surface area contributed by atoms with Crippen LogP contribution in [0.3, 0.4) is 0 Å². The summed E-state index contributed by atoms with van der Waals surface area (Å²) in [5, 5.41) is 2.27. The van der Waals surface area contributed by atoms with Crippen LogP contribution in [0.1, 0.15) is 22.7 Å². The second-order valence-electron chi connectivity index (χ2n) is 8.01. The van der Waals surface area contributed by atoms with Gasteiger partial charge >= 0.3 is 0 Å². The van der Waals surface area contributed by atoms with E-state index in [4.69, 9.17) is 16.4 Å². The number of amides is 2. The minimum atomic E-state index is -0.880. The number of halogens is 1.